The van der Waals surface area contributed by atoms with E-state index in [2.05, 4.69) is 20.3 Å². The van der Waals surface area contributed by atoms with Crippen LogP contribution >= 0.6 is 23.4 Å². The van der Waals surface area contributed by atoms with Crippen LogP contribution in [0.5, 0.6) is 0 Å². The largest absolute Gasteiger partial charge is 0.376 e. The maximum absolute atomic E-state index is 11.8. The Morgan fingerprint density at radius 1 is 1.62 bits per heavy atom. The van der Waals surface area contributed by atoms with Gasteiger partial charge >= 0.3 is 0 Å². The number of H-pyrrole nitrogens is 1. The third-order valence-electron chi connectivity index (χ3n) is 3.17. The first-order chi connectivity index (χ1) is 10.2. The second-order valence-electron chi connectivity index (χ2n) is 4.79. The van der Waals surface area contributed by atoms with E-state index in [9.17, 15) is 4.79 Å². The molecule has 6 nitrogen and oxygen atoms in total. The molecule has 1 aliphatic heterocycles. The van der Waals surface area contributed by atoms with Crippen molar-refractivity contribution in [3.63, 3.8) is 0 Å². The predicted octanol–water partition coefficient (Wildman–Crippen LogP) is 2.00. The standard InChI is InChI=1S/C13H15ClN4O2S/c14-8-4-10-12(16-5-8)18-13(17-10)21-7-11(19)15-6-9-2-1-3-20-9/h4-5,9H,1-3,6-7H2,(H,15,19)(H,16,17,18). The number of carbonyl (C=O) groups excluding carboxylic acids is 1. The summed E-state index contributed by atoms with van der Waals surface area (Å²) in [7, 11) is 0. The van der Waals surface area contributed by atoms with Crippen molar-refractivity contribution in [1.29, 1.82) is 0 Å². The van der Waals surface area contributed by atoms with E-state index in [-0.39, 0.29) is 12.0 Å². The number of imidazole rings is 1. The minimum Gasteiger partial charge on any atom is -0.376 e. The Morgan fingerprint density at radius 3 is 3.33 bits per heavy atom. The molecule has 3 rings (SSSR count). The summed E-state index contributed by atoms with van der Waals surface area (Å²) in [6, 6.07) is 1.76. The molecule has 0 bridgehead atoms. The van der Waals surface area contributed by atoms with Crippen molar-refractivity contribution >= 4 is 40.4 Å². The summed E-state index contributed by atoms with van der Waals surface area (Å²) in [4.78, 5) is 23.3. The molecule has 1 amide bonds. The molecule has 2 aromatic heterocycles. The van der Waals surface area contributed by atoms with E-state index in [4.69, 9.17) is 16.3 Å². The van der Waals surface area contributed by atoms with Crippen molar-refractivity contribution in [2.45, 2.75) is 24.1 Å². The number of rotatable bonds is 5. The molecule has 0 aliphatic carbocycles. The van der Waals surface area contributed by atoms with Crippen molar-refractivity contribution < 1.29 is 9.53 Å². The summed E-state index contributed by atoms with van der Waals surface area (Å²) in [6.07, 6.45) is 3.80. The van der Waals surface area contributed by atoms with Crippen LogP contribution in [0.3, 0.4) is 0 Å². The van der Waals surface area contributed by atoms with Gasteiger partial charge < -0.3 is 15.0 Å². The molecule has 3 heterocycles. The number of aromatic nitrogens is 3. The number of aromatic amines is 1. The van der Waals surface area contributed by atoms with E-state index in [1.807, 2.05) is 0 Å². The Balaban J connectivity index is 1.49. The van der Waals surface area contributed by atoms with Gasteiger partial charge in [0.15, 0.2) is 10.8 Å². The third-order valence-corrected chi connectivity index (χ3v) is 4.25. The molecule has 1 unspecified atom stereocenters. The number of hydrogen-bond acceptors (Lipinski definition) is 5. The molecular weight excluding hydrogens is 312 g/mol. The predicted molar refractivity (Wildman–Crippen MR) is 81.6 cm³/mol. The summed E-state index contributed by atoms with van der Waals surface area (Å²) >= 11 is 7.21. The van der Waals surface area contributed by atoms with E-state index in [0.717, 1.165) is 25.0 Å². The zero-order chi connectivity index (χ0) is 14.7. The number of halogens is 1. The van der Waals surface area contributed by atoms with Crippen molar-refractivity contribution in [2.24, 2.45) is 0 Å². The number of amides is 1. The van der Waals surface area contributed by atoms with Gasteiger partial charge in [-0.2, -0.15) is 0 Å². The molecule has 1 saturated heterocycles. The first-order valence-electron chi connectivity index (χ1n) is 6.73. The van der Waals surface area contributed by atoms with E-state index in [1.165, 1.54) is 11.8 Å². The number of nitrogens with zero attached hydrogens (tertiary/aromatic N) is 2. The summed E-state index contributed by atoms with van der Waals surface area (Å²) in [6.45, 7) is 1.38. The number of nitrogens with one attached hydrogen (secondary N) is 2. The molecule has 0 saturated carbocycles. The number of fused-ring (bicyclic) bond motifs is 1. The van der Waals surface area contributed by atoms with Crippen LogP contribution < -0.4 is 5.32 Å². The lowest BCUT2D eigenvalue weighted by atomic mass is 10.2. The van der Waals surface area contributed by atoms with E-state index in [1.54, 1.807) is 12.3 Å². The Labute approximate surface area is 131 Å². The second-order valence-corrected chi connectivity index (χ2v) is 6.19. The fourth-order valence-electron chi connectivity index (χ4n) is 2.14. The molecular formula is C13H15ClN4O2S. The number of hydrogen-bond donors (Lipinski definition) is 2. The van der Waals surface area contributed by atoms with E-state index >= 15 is 0 Å². The first kappa shape index (κ1) is 14.6. The average Bonchev–Trinajstić information content (AvgIpc) is 3.11. The topological polar surface area (TPSA) is 79.9 Å². The van der Waals surface area contributed by atoms with Crippen LogP contribution in [0.2, 0.25) is 5.02 Å². The van der Waals surface area contributed by atoms with Crippen LogP contribution in [-0.4, -0.2) is 45.9 Å². The van der Waals surface area contributed by atoms with E-state index < -0.39 is 0 Å². The number of thioether (sulfide) groups is 1. The van der Waals surface area contributed by atoms with Crippen LogP contribution in [0.15, 0.2) is 17.4 Å². The van der Waals surface area contributed by atoms with Gasteiger partial charge in [-0.15, -0.1) is 0 Å². The van der Waals surface area contributed by atoms with Crippen LogP contribution in [0.4, 0.5) is 0 Å². The highest BCUT2D eigenvalue weighted by molar-refractivity contribution is 7.99. The SMILES string of the molecule is O=C(CSc1nc2ncc(Cl)cc2[nH]1)NCC1CCCO1. The maximum atomic E-state index is 11.8. The normalized spacial score (nSPS) is 18.2. The summed E-state index contributed by atoms with van der Waals surface area (Å²) in [5, 5.41) is 4.09. The molecule has 112 valence electrons. The second kappa shape index (κ2) is 6.64. The summed E-state index contributed by atoms with van der Waals surface area (Å²) in [5.74, 6) is 0.280. The van der Waals surface area contributed by atoms with Crippen LogP contribution in [0.25, 0.3) is 11.2 Å². The smallest absolute Gasteiger partial charge is 0.230 e. The zero-order valence-corrected chi connectivity index (χ0v) is 12.8. The Bertz CT molecular complexity index is 642. The van der Waals surface area contributed by atoms with Gasteiger partial charge in [-0.1, -0.05) is 23.4 Å². The highest BCUT2D eigenvalue weighted by Gasteiger charge is 2.16. The van der Waals surface area contributed by atoms with Crippen molar-refractivity contribution in [2.75, 3.05) is 18.9 Å². The molecule has 2 N–H and O–H groups in total. The van der Waals surface area contributed by atoms with Gasteiger partial charge in [-0.25, -0.2) is 9.97 Å². The van der Waals surface area contributed by atoms with Crippen molar-refractivity contribution in [3.05, 3.63) is 17.3 Å². The lowest BCUT2D eigenvalue weighted by molar-refractivity contribution is -0.119. The van der Waals surface area contributed by atoms with Crippen molar-refractivity contribution in [3.8, 4) is 0 Å². The highest BCUT2D eigenvalue weighted by atomic mass is 35.5. The van der Waals surface area contributed by atoms with Gasteiger partial charge in [0.1, 0.15) is 0 Å². The van der Waals surface area contributed by atoms with Gasteiger partial charge in [0.05, 0.1) is 22.4 Å². The highest BCUT2D eigenvalue weighted by Crippen LogP contribution is 2.20. The molecule has 8 heteroatoms. The lowest BCUT2D eigenvalue weighted by Gasteiger charge is -2.09. The summed E-state index contributed by atoms with van der Waals surface area (Å²) < 4.78 is 5.46. The van der Waals surface area contributed by atoms with Gasteiger partial charge in [0, 0.05) is 19.3 Å². The van der Waals surface area contributed by atoms with Gasteiger partial charge in [0.25, 0.3) is 0 Å². The Morgan fingerprint density at radius 2 is 2.52 bits per heavy atom. The quantitative estimate of drug-likeness (QED) is 0.821. The minimum absolute atomic E-state index is 0.0260. The molecule has 1 fully saturated rings. The minimum atomic E-state index is -0.0260. The fourth-order valence-corrected chi connectivity index (χ4v) is 3.00. The molecule has 21 heavy (non-hydrogen) atoms. The first-order valence-corrected chi connectivity index (χ1v) is 8.09. The maximum Gasteiger partial charge on any atom is 0.230 e. The average molecular weight is 327 g/mol. The Hall–Kier alpha value is -1.31. The van der Waals surface area contributed by atoms with Gasteiger partial charge in [-0.05, 0) is 18.9 Å². The number of ether oxygens (including phenoxy) is 1. The van der Waals surface area contributed by atoms with E-state index in [0.29, 0.717) is 28.1 Å². The molecule has 0 aromatic carbocycles. The van der Waals surface area contributed by atoms with Gasteiger partial charge in [0.2, 0.25) is 5.91 Å². The van der Waals surface area contributed by atoms with Crippen LogP contribution in [-0.2, 0) is 9.53 Å². The molecule has 0 spiro atoms. The van der Waals surface area contributed by atoms with Crippen molar-refractivity contribution in [1.82, 2.24) is 20.3 Å². The third kappa shape index (κ3) is 3.87. The molecule has 0 radical (unpaired) electrons. The van der Waals surface area contributed by atoms with Gasteiger partial charge in [-0.3, -0.25) is 4.79 Å². The van der Waals surface area contributed by atoms with Crippen LogP contribution in [0, 0.1) is 0 Å². The zero-order valence-electron chi connectivity index (χ0n) is 11.3. The molecule has 1 atom stereocenters. The Kier molecular flexibility index (Phi) is 4.62. The van der Waals surface area contributed by atoms with Crippen LogP contribution in [0.1, 0.15) is 12.8 Å². The number of carbonyl (C=O) groups is 1. The fraction of sp³-hybridized carbons (Fsp3) is 0.462. The lowest BCUT2D eigenvalue weighted by Crippen LogP contribution is -2.32. The molecule has 2 aromatic rings. The summed E-state index contributed by atoms with van der Waals surface area (Å²) in [5.41, 5.74) is 1.37. The monoisotopic (exact) mass is 326 g/mol. The molecule has 1 aliphatic rings. The number of pyridine rings is 1.